The van der Waals surface area contributed by atoms with Crippen molar-refractivity contribution in [1.82, 2.24) is 19.7 Å². The fraction of sp³-hybridized carbons (Fsp3) is 0.778. The fourth-order valence-corrected chi connectivity index (χ4v) is 3.58. The molecule has 0 aliphatic carbocycles. The standard InChI is InChI=1S/C18H30N4O2/c1-15(2)12-20-8-10-21(11-9-20)13-17-19-16(14-24-17)18(23)22-6-4-3-5-7-22/h14-15H,3-13H2,1-2H3. The number of aromatic nitrogens is 1. The van der Waals surface area contributed by atoms with E-state index in [1.54, 1.807) is 0 Å². The first kappa shape index (κ1) is 17.4. The molecule has 6 heteroatoms. The highest BCUT2D eigenvalue weighted by atomic mass is 16.3. The Balaban J connectivity index is 1.48. The zero-order chi connectivity index (χ0) is 16.9. The molecule has 0 bridgehead atoms. The third kappa shape index (κ3) is 4.57. The first-order valence-corrected chi connectivity index (χ1v) is 9.30. The Kier molecular flexibility index (Phi) is 5.89. The second-order valence-corrected chi connectivity index (χ2v) is 7.45. The highest BCUT2D eigenvalue weighted by Crippen LogP contribution is 2.14. The highest BCUT2D eigenvalue weighted by molar-refractivity contribution is 5.92. The van der Waals surface area contributed by atoms with Crippen molar-refractivity contribution in [2.24, 2.45) is 5.92 Å². The monoisotopic (exact) mass is 334 g/mol. The van der Waals surface area contributed by atoms with Crippen molar-refractivity contribution in [3.05, 3.63) is 17.8 Å². The summed E-state index contributed by atoms with van der Waals surface area (Å²) >= 11 is 0. The number of hydrogen-bond acceptors (Lipinski definition) is 5. The van der Waals surface area contributed by atoms with E-state index in [4.69, 9.17) is 4.42 Å². The molecule has 0 N–H and O–H groups in total. The quantitative estimate of drug-likeness (QED) is 0.825. The molecule has 134 valence electrons. The second-order valence-electron chi connectivity index (χ2n) is 7.45. The third-order valence-electron chi connectivity index (χ3n) is 4.86. The van der Waals surface area contributed by atoms with E-state index < -0.39 is 0 Å². The first-order valence-electron chi connectivity index (χ1n) is 9.30. The summed E-state index contributed by atoms with van der Waals surface area (Å²) in [5, 5.41) is 0. The van der Waals surface area contributed by atoms with Crippen LogP contribution in [0.4, 0.5) is 0 Å². The second kappa shape index (κ2) is 8.12. The van der Waals surface area contributed by atoms with Gasteiger partial charge in [-0.2, -0.15) is 0 Å². The van der Waals surface area contributed by atoms with Crippen LogP contribution >= 0.6 is 0 Å². The van der Waals surface area contributed by atoms with Crippen molar-refractivity contribution in [3.63, 3.8) is 0 Å². The summed E-state index contributed by atoms with van der Waals surface area (Å²) in [6, 6.07) is 0. The van der Waals surface area contributed by atoms with Gasteiger partial charge in [-0.15, -0.1) is 0 Å². The van der Waals surface area contributed by atoms with Crippen LogP contribution in [-0.4, -0.2) is 71.4 Å². The number of piperazine rings is 1. The molecule has 2 aliphatic rings. The lowest BCUT2D eigenvalue weighted by atomic mass is 10.1. The topological polar surface area (TPSA) is 52.8 Å². The van der Waals surface area contributed by atoms with Crippen LogP contribution in [0.25, 0.3) is 0 Å². The van der Waals surface area contributed by atoms with Crippen LogP contribution in [0.1, 0.15) is 49.5 Å². The molecule has 2 aliphatic heterocycles. The summed E-state index contributed by atoms with van der Waals surface area (Å²) in [7, 11) is 0. The van der Waals surface area contributed by atoms with Crippen molar-refractivity contribution >= 4 is 5.91 Å². The SMILES string of the molecule is CC(C)CN1CCN(Cc2nc(C(=O)N3CCCCC3)co2)CC1. The average Bonchev–Trinajstić information content (AvgIpc) is 3.05. The largest absolute Gasteiger partial charge is 0.447 e. The van der Waals surface area contributed by atoms with Gasteiger partial charge in [0.1, 0.15) is 6.26 Å². The lowest BCUT2D eigenvalue weighted by Crippen LogP contribution is -2.46. The number of piperidine rings is 1. The maximum absolute atomic E-state index is 12.4. The van der Waals surface area contributed by atoms with Gasteiger partial charge in [-0.25, -0.2) is 4.98 Å². The van der Waals surface area contributed by atoms with E-state index in [2.05, 4.69) is 28.6 Å². The minimum Gasteiger partial charge on any atom is -0.447 e. The Morgan fingerprint density at radius 3 is 2.42 bits per heavy atom. The Morgan fingerprint density at radius 1 is 1.08 bits per heavy atom. The lowest BCUT2D eigenvalue weighted by molar-refractivity contribution is 0.0718. The molecule has 0 spiro atoms. The van der Waals surface area contributed by atoms with Crippen molar-refractivity contribution in [2.75, 3.05) is 45.8 Å². The molecular formula is C18H30N4O2. The van der Waals surface area contributed by atoms with Gasteiger partial charge in [-0.05, 0) is 25.2 Å². The smallest absolute Gasteiger partial charge is 0.275 e. The molecule has 0 aromatic carbocycles. The third-order valence-corrected chi connectivity index (χ3v) is 4.86. The number of rotatable bonds is 5. The predicted molar refractivity (Wildman–Crippen MR) is 92.8 cm³/mol. The molecule has 0 saturated carbocycles. The average molecular weight is 334 g/mol. The van der Waals surface area contributed by atoms with Gasteiger partial charge in [0.25, 0.3) is 5.91 Å². The van der Waals surface area contributed by atoms with Gasteiger partial charge < -0.3 is 14.2 Å². The maximum atomic E-state index is 12.4. The van der Waals surface area contributed by atoms with Gasteiger partial charge in [-0.3, -0.25) is 9.69 Å². The van der Waals surface area contributed by atoms with Crippen LogP contribution in [0.15, 0.2) is 10.7 Å². The molecule has 24 heavy (non-hydrogen) atoms. The molecule has 1 amide bonds. The number of nitrogens with zero attached hydrogens (tertiary/aromatic N) is 4. The molecule has 0 atom stereocenters. The van der Waals surface area contributed by atoms with Gasteiger partial charge in [0.05, 0.1) is 6.54 Å². The van der Waals surface area contributed by atoms with Crippen molar-refractivity contribution < 1.29 is 9.21 Å². The summed E-state index contributed by atoms with van der Waals surface area (Å²) in [5.41, 5.74) is 0.463. The van der Waals surface area contributed by atoms with Gasteiger partial charge in [0, 0.05) is 45.8 Å². The summed E-state index contributed by atoms with van der Waals surface area (Å²) < 4.78 is 5.56. The number of hydrogen-bond donors (Lipinski definition) is 0. The molecule has 3 heterocycles. The van der Waals surface area contributed by atoms with Crippen LogP contribution in [0.3, 0.4) is 0 Å². The molecule has 6 nitrogen and oxygen atoms in total. The number of amides is 1. The Bertz CT molecular complexity index is 529. The highest BCUT2D eigenvalue weighted by Gasteiger charge is 2.23. The van der Waals surface area contributed by atoms with Gasteiger partial charge in [-0.1, -0.05) is 13.8 Å². The Labute approximate surface area is 144 Å². The number of carbonyl (C=O) groups excluding carboxylic acids is 1. The van der Waals surface area contributed by atoms with Gasteiger partial charge in [0.2, 0.25) is 5.89 Å². The summed E-state index contributed by atoms with van der Waals surface area (Å²) in [4.78, 5) is 23.6. The van der Waals surface area contributed by atoms with E-state index in [9.17, 15) is 4.79 Å². The molecule has 2 fully saturated rings. The summed E-state index contributed by atoms with van der Waals surface area (Å²) in [6.45, 7) is 12.3. The number of carbonyl (C=O) groups is 1. The summed E-state index contributed by atoms with van der Waals surface area (Å²) in [5.74, 6) is 1.39. The van der Waals surface area contributed by atoms with E-state index in [1.807, 2.05) is 4.90 Å². The minimum absolute atomic E-state index is 0.0199. The molecule has 1 aromatic rings. The van der Waals surface area contributed by atoms with E-state index in [0.29, 0.717) is 24.0 Å². The molecule has 1 aromatic heterocycles. The maximum Gasteiger partial charge on any atom is 0.275 e. The van der Waals surface area contributed by atoms with Crippen molar-refractivity contribution in [3.8, 4) is 0 Å². The van der Waals surface area contributed by atoms with Crippen molar-refractivity contribution in [2.45, 2.75) is 39.7 Å². The Hall–Kier alpha value is -1.40. The van der Waals surface area contributed by atoms with Crippen LogP contribution in [0.5, 0.6) is 0 Å². The zero-order valence-corrected chi connectivity index (χ0v) is 15.0. The fourth-order valence-electron chi connectivity index (χ4n) is 3.58. The molecule has 0 radical (unpaired) electrons. The summed E-state index contributed by atoms with van der Waals surface area (Å²) in [6.07, 6.45) is 4.94. The van der Waals surface area contributed by atoms with Crippen LogP contribution < -0.4 is 0 Å². The first-order chi connectivity index (χ1) is 11.6. The van der Waals surface area contributed by atoms with Crippen LogP contribution in [-0.2, 0) is 6.54 Å². The van der Waals surface area contributed by atoms with E-state index in [0.717, 1.165) is 52.1 Å². The molecule has 2 saturated heterocycles. The van der Waals surface area contributed by atoms with Crippen LogP contribution in [0, 0.1) is 5.92 Å². The molecule has 3 rings (SSSR count). The minimum atomic E-state index is 0.0199. The zero-order valence-electron chi connectivity index (χ0n) is 15.0. The number of likely N-dealkylation sites (tertiary alicyclic amines) is 1. The van der Waals surface area contributed by atoms with E-state index >= 15 is 0 Å². The number of oxazole rings is 1. The lowest BCUT2D eigenvalue weighted by Gasteiger charge is -2.34. The van der Waals surface area contributed by atoms with Crippen LogP contribution in [0.2, 0.25) is 0 Å². The van der Waals surface area contributed by atoms with Gasteiger partial charge >= 0.3 is 0 Å². The Morgan fingerprint density at radius 2 is 1.75 bits per heavy atom. The van der Waals surface area contributed by atoms with Gasteiger partial charge in [0.15, 0.2) is 5.69 Å². The van der Waals surface area contributed by atoms with E-state index in [1.165, 1.54) is 19.2 Å². The molecule has 0 unspecified atom stereocenters. The predicted octanol–water partition coefficient (Wildman–Crippen LogP) is 2.07. The molecular weight excluding hydrogens is 304 g/mol. The van der Waals surface area contributed by atoms with Crippen molar-refractivity contribution in [1.29, 1.82) is 0 Å². The van der Waals surface area contributed by atoms with E-state index in [-0.39, 0.29) is 5.91 Å². The normalized spacial score (nSPS) is 20.7.